The van der Waals surface area contributed by atoms with Crippen molar-refractivity contribution in [3.05, 3.63) is 59.9 Å². The lowest BCUT2D eigenvalue weighted by atomic mass is 9.90. The van der Waals surface area contributed by atoms with E-state index in [1.54, 1.807) is 31.2 Å². The van der Waals surface area contributed by atoms with Crippen molar-refractivity contribution in [2.24, 2.45) is 0 Å². The molecule has 21 heavy (non-hydrogen) atoms. The molecule has 0 saturated heterocycles. The van der Waals surface area contributed by atoms with E-state index in [9.17, 15) is 9.50 Å². The Kier molecular flexibility index (Phi) is 4.56. The van der Waals surface area contributed by atoms with E-state index in [1.807, 2.05) is 6.07 Å². The first-order chi connectivity index (χ1) is 10.0. The minimum absolute atomic E-state index is 0.248. The third kappa shape index (κ3) is 3.80. The second-order valence-electron chi connectivity index (χ2n) is 4.98. The van der Waals surface area contributed by atoms with Crippen LogP contribution in [0, 0.1) is 17.1 Å². The highest BCUT2D eigenvalue weighted by Crippen LogP contribution is 2.35. The third-order valence-electron chi connectivity index (χ3n) is 3.23. The van der Waals surface area contributed by atoms with Gasteiger partial charge >= 0.3 is 0 Å². The van der Waals surface area contributed by atoms with Crippen molar-refractivity contribution < 1.29 is 14.2 Å². The molecule has 0 aliphatic rings. The highest BCUT2D eigenvalue weighted by molar-refractivity contribution is 5.41. The summed E-state index contributed by atoms with van der Waals surface area (Å²) >= 11 is 0. The smallest absolute Gasteiger partial charge is 0.133 e. The molecule has 0 aliphatic carbocycles. The number of rotatable bonds is 5. The van der Waals surface area contributed by atoms with Crippen molar-refractivity contribution in [1.29, 1.82) is 5.26 Å². The van der Waals surface area contributed by atoms with Crippen LogP contribution in [0.3, 0.4) is 0 Å². The fourth-order valence-corrected chi connectivity index (χ4v) is 2.06. The van der Waals surface area contributed by atoms with E-state index in [-0.39, 0.29) is 12.2 Å². The molecule has 2 rings (SSSR count). The van der Waals surface area contributed by atoms with E-state index in [4.69, 9.17) is 10.00 Å². The van der Waals surface area contributed by atoms with Crippen molar-refractivity contribution in [3.8, 4) is 17.6 Å². The van der Waals surface area contributed by atoms with Gasteiger partial charge in [-0.05, 0) is 43.7 Å². The molecule has 0 saturated carbocycles. The van der Waals surface area contributed by atoms with Crippen LogP contribution in [0.25, 0.3) is 0 Å². The van der Waals surface area contributed by atoms with Crippen LogP contribution in [0.5, 0.6) is 11.5 Å². The van der Waals surface area contributed by atoms with Crippen LogP contribution in [-0.4, -0.2) is 5.11 Å². The van der Waals surface area contributed by atoms with Gasteiger partial charge in [0.2, 0.25) is 0 Å². The summed E-state index contributed by atoms with van der Waals surface area (Å²) in [5.74, 6) is 0.642. The average molecular weight is 285 g/mol. The second kappa shape index (κ2) is 6.38. The number of para-hydroxylation sites is 1. The molecule has 0 heterocycles. The number of benzene rings is 2. The maximum atomic E-state index is 12.9. The minimum atomic E-state index is -1.16. The first-order valence-electron chi connectivity index (χ1n) is 6.65. The molecule has 0 aromatic heterocycles. The maximum absolute atomic E-state index is 12.9. The van der Waals surface area contributed by atoms with E-state index in [0.29, 0.717) is 23.5 Å². The van der Waals surface area contributed by atoms with E-state index in [0.717, 1.165) is 0 Å². The van der Waals surface area contributed by atoms with E-state index >= 15 is 0 Å². The normalized spacial score (nSPS) is 13.2. The highest BCUT2D eigenvalue weighted by Gasteiger charge is 2.26. The van der Waals surface area contributed by atoms with Gasteiger partial charge in [0.15, 0.2) is 0 Å². The molecule has 1 N–H and O–H groups in total. The number of hydrogen-bond donors (Lipinski definition) is 1. The molecule has 0 spiro atoms. The van der Waals surface area contributed by atoms with Gasteiger partial charge in [0.1, 0.15) is 17.3 Å². The zero-order chi connectivity index (χ0) is 15.3. The Morgan fingerprint density at radius 2 is 1.86 bits per heavy atom. The zero-order valence-corrected chi connectivity index (χ0v) is 11.7. The average Bonchev–Trinajstić information content (AvgIpc) is 2.48. The summed E-state index contributed by atoms with van der Waals surface area (Å²) in [6, 6.07) is 14.8. The summed E-state index contributed by atoms with van der Waals surface area (Å²) in [7, 11) is 0. The molecule has 0 amide bonds. The monoisotopic (exact) mass is 285 g/mol. The van der Waals surface area contributed by atoms with Crippen molar-refractivity contribution in [1.82, 2.24) is 0 Å². The molecule has 2 aromatic carbocycles. The van der Waals surface area contributed by atoms with Crippen LogP contribution in [-0.2, 0) is 5.60 Å². The van der Waals surface area contributed by atoms with Gasteiger partial charge in [0.25, 0.3) is 0 Å². The molecular formula is C17H16FNO2. The van der Waals surface area contributed by atoms with Crippen LogP contribution < -0.4 is 4.74 Å². The van der Waals surface area contributed by atoms with Crippen LogP contribution in [0.15, 0.2) is 48.5 Å². The summed E-state index contributed by atoms with van der Waals surface area (Å²) in [5, 5.41) is 19.2. The lowest BCUT2D eigenvalue weighted by Gasteiger charge is -2.25. The SMILES string of the molecule is CC(O)(CCC#N)c1ccccc1Oc1ccc(F)cc1. The number of ether oxygens (including phenoxy) is 1. The van der Waals surface area contributed by atoms with Gasteiger partial charge in [-0.2, -0.15) is 5.26 Å². The summed E-state index contributed by atoms with van der Waals surface area (Å²) in [6.07, 6.45) is 0.561. The number of hydrogen-bond acceptors (Lipinski definition) is 3. The molecule has 0 bridgehead atoms. The Balaban J connectivity index is 2.28. The molecule has 1 unspecified atom stereocenters. The molecule has 0 radical (unpaired) electrons. The van der Waals surface area contributed by atoms with Gasteiger partial charge < -0.3 is 9.84 Å². The van der Waals surface area contributed by atoms with Crippen molar-refractivity contribution in [2.45, 2.75) is 25.4 Å². The Morgan fingerprint density at radius 1 is 1.19 bits per heavy atom. The van der Waals surface area contributed by atoms with Crippen LogP contribution in [0.4, 0.5) is 4.39 Å². The Hall–Kier alpha value is -2.38. The summed E-state index contributed by atoms with van der Waals surface area (Å²) in [5.41, 5.74) is -0.559. The molecule has 0 fully saturated rings. The Labute approximate surface area is 123 Å². The topological polar surface area (TPSA) is 53.2 Å². The fourth-order valence-electron chi connectivity index (χ4n) is 2.06. The second-order valence-corrected chi connectivity index (χ2v) is 4.98. The van der Waals surface area contributed by atoms with E-state index < -0.39 is 5.60 Å². The predicted octanol–water partition coefficient (Wildman–Crippen LogP) is 4.13. The summed E-state index contributed by atoms with van der Waals surface area (Å²) in [4.78, 5) is 0. The zero-order valence-electron chi connectivity index (χ0n) is 11.7. The first kappa shape index (κ1) is 15.0. The number of aliphatic hydroxyl groups is 1. The van der Waals surface area contributed by atoms with Gasteiger partial charge in [0.05, 0.1) is 11.7 Å². The third-order valence-corrected chi connectivity index (χ3v) is 3.23. The van der Waals surface area contributed by atoms with Gasteiger partial charge in [-0.3, -0.25) is 0 Å². The Morgan fingerprint density at radius 3 is 2.52 bits per heavy atom. The van der Waals surface area contributed by atoms with Crippen molar-refractivity contribution in [3.63, 3.8) is 0 Å². The predicted molar refractivity (Wildman–Crippen MR) is 77.3 cm³/mol. The van der Waals surface area contributed by atoms with Crippen molar-refractivity contribution in [2.75, 3.05) is 0 Å². The summed E-state index contributed by atoms with van der Waals surface area (Å²) < 4.78 is 18.6. The lowest BCUT2D eigenvalue weighted by Crippen LogP contribution is -2.21. The Bertz CT molecular complexity index is 645. The molecule has 3 nitrogen and oxygen atoms in total. The molecular weight excluding hydrogens is 269 g/mol. The standard InChI is InChI=1S/C17H16FNO2/c1-17(20,11-4-12-19)15-5-2-3-6-16(15)21-14-9-7-13(18)8-10-14/h2-3,5-10,20H,4,11H2,1H3. The lowest BCUT2D eigenvalue weighted by molar-refractivity contribution is 0.0472. The number of nitriles is 1. The summed E-state index contributed by atoms with van der Waals surface area (Å²) in [6.45, 7) is 1.65. The molecule has 4 heteroatoms. The fraction of sp³-hybridized carbons (Fsp3) is 0.235. The first-order valence-corrected chi connectivity index (χ1v) is 6.65. The molecule has 2 aromatic rings. The van der Waals surface area contributed by atoms with Crippen molar-refractivity contribution >= 4 is 0 Å². The van der Waals surface area contributed by atoms with Gasteiger partial charge in [-0.1, -0.05) is 18.2 Å². The molecule has 0 aliphatic heterocycles. The number of nitrogens with zero attached hydrogens (tertiary/aromatic N) is 1. The molecule has 108 valence electrons. The van der Waals surface area contributed by atoms with Gasteiger partial charge in [-0.15, -0.1) is 0 Å². The van der Waals surface area contributed by atoms with Crippen LogP contribution >= 0.6 is 0 Å². The van der Waals surface area contributed by atoms with Gasteiger partial charge in [-0.25, -0.2) is 4.39 Å². The number of halogens is 1. The van der Waals surface area contributed by atoms with E-state index in [1.165, 1.54) is 24.3 Å². The van der Waals surface area contributed by atoms with Crippen LogP contribution in [0.2, 0.25) is 0 Å². The maximum Gasteiger partial charge on any atom is 0.133 e. The largest absolute Gasteiger partial charge is 0.457 e. The molecule has 1 atom stereocenters. The van der Waals surface area contributed by atoms with E-state index in [2.05, 4.69) is 0 Å². The van der Waals surface area contributed by atoms with Gasteiger partial charge in [0, 0.05) is 12.0 Å². The quantitative estimate of drug-likeness (QED) is 0.898. The highest BCUT2D eigenvalue weighted by atomic mass is 19.1. The minimum Gasteiger partial charge on any atom is -0.457 e. The van der Waals surface area contributed by atoms with Crippen LogP contribution in [0.1, 0.15) is 25.3 Å².